The molecule has 1 unspecified atom stereocenters. The number of benzene rings is 4. The fourth-order valence-electron chi connectivity index (χ4n) is 7.58. The van der Waals surface area contributed by atoms with Gasteiger partial charge in [0.15, 0.2) is 5.78 Å². The lowest BCUT2D eigenvalue weighted by atomic mass is 9.95. The molecule has 14 nitrogen and oxygen atoms in total. The quantitative estimate of drug-likeness (QED) is 0.0898. The Bertz CT molecular complexity index is 2620. The van der Waals surface area contributed by atoms with Crippen molar-refractivity contribution in [1.82, 2.24) is 25.5 Å². The highest BCUT2D eigenvalue weighted by molar-refractivity contribution is 6.31. The van der Waals surface area contributed by atoms with Gasteiger partial charge in [0.05, 0.1) is 43.3 Å². The average molecular weight is 862 g/mol. The van der Waals surface area contributed by atoms with Crippen molar-refractivity contribution in [2.24, 2.45) is 4.99 Å². The molecule has 1 saturated heterocycles. The molecular formula is C45H38ClF2N7O7. The Morgan fingerprint density at radius 2 is 1.68 bits per heavy atom. The smallest absolute Gasteiger partial charge is 0.255 e. The Morgan fingerprint density at radius 3 is 2.47 bits per heavy atom. The van der Waals surface area contributed by atoms with E-state index in [2.05, 4.69) is 25.9 Å². The molecule has 3 N–H and O–H groups in total. The van der Waals surface area contributed by atoms with Gasteiger partial charge in [-0.1, -0.05) is 35.9 Å². The number of piperidine rings is 1. The van der Waals surface area contributed by atoms with Crippen LogP contribution in [-0.4, -0.2) is 89.0 Å². The van der Waals surface area contributed by atoms with E-state index in [1.807, 2.05) is 0 Å². The molecule has 17 heteroatoms. The van der Waals surface area contributed by atoms with Gasteiger partial charge in [0.25, 0.3) is 11.8 Å². The number of halogens is 3. The zero-order valence-electron chi connectivity index (χ0n) is 33.0. The number of nitrogens with one attached hydrogen (secondary N) is 3. The van der Waals surface area contributed by atoms with Crippen molar-refractivity contribution in [3.8, 4) is 11.3 Å². The van der Waals surface area contributed by atoms with Gasteiger partial charge in [-0.05, 0) is 72.1 Å². The predicted octanol–water partition coefficient (Wildman–Crippen LogP) is 5.51. The van der Waals surface area contributed by atoms with E-state index in [1.165, 1.54) is 23.1 Å². The number of fused-ring (bicyclic) bond motifs is 4. The Kier molecular flexibility index (Phi) is 12.5. The van der Waals surface area contributed by atoms with Crippen LogP contribution in [0.4, 0.5) is 20.4 Å². The second kappa shape index (κ2) is 18.5. The summed E-state index contributed by atoms with van der Waals surface area (Å²) in [6, 6.07) is 19.8. The van der Waals surface area contributed by atoms with E-state index < -0.39 is 23.6 Å². The molecule has 0 bridgehead atoms. The Morgan fingerprint density at radius 1 is 0.903 bits per heavy atom. The zero-order valence-corrected chi connectivity index (χ0v) is 33.8. The van der Waals surface area contributed by atoms with E-state index in [0.29, 0.717) is 55.3 Å². The second-order valence-electron chi connectivity index (χ2n) is 14.7. The number of hydrogen-bond donors (Lipinski definition) is 3. The number of aromatic nitrogens is 2. The standard InChI is InChI=1S/C45H38ClF2N7O7/c46-28-9-12-31-33(20-28)41(39-35(47)5-2-6-36(39)48)50-21-27-22-51-45(54-40(27)31)52-29-10-7-25(8-11-29)42(58)49-15-16-61-17-18-62-24-30(56)19-26-3-1-4-32-34(26)23-55(44(32)60)37-13-14-38(57)53-43(37)59/h1-12,20,22,37H,13-19,21,23-24H2,(H,49,58)(H,51,52,54)(H,53,57,59). The van der Waals surface area contributed by atoms with Crippen LogP contribution in [0.5, 0.6) is 0 Å². The highest BCUT2D eigenvalue weighted by Crippen LogP contribution is 2.35. The van der Waals surface area contributed by atoms with Gasteiger partial charge in [0.1, 0.15) is 24.3 Å². The molecule has 0 saturated carbocycles. The van der Waals surface area contributed by atoms with Crippen molar-refractivity contribution in [3.05, 3.63) is 141 Å². The van der Waals surface area contributed by atoms with Gasteiger partial charge in [0, 0.05) is 70.7 Å². The summed E-state index contributed by atoms with van der Waals surface area (Å²) in [5.74, 6) is -2.89. The molecule has 0 spiro atoms. The number of nitrogens with zero attached hydrogens (tertiary/aromatic N) is 4. The first-order valence-corrected chi connectivity index (χ1v) is 20.1. The maximum Gasteiger partial charge on any atom is 0.255 e. The number of carbonyl (C=O) groups is 5. The van der Waals surface area contributed by atoms with Crippen LogP contribution in [0.3, 0.4) is 0 Å². The molecule has 3 aliphatic heterocycles. The normalized spacial score (nSPS) is 15.5. The number of imide groups is 1. The van der Waals surface area contributed by atoms with Gasteiger partial charge in [-0.3, -0.25) is 34.3 Å². The van der Waals surface area contributed by atoms with Gasteiger partial charge in [-0.25, -0.2) is 18.7 Å². The van der Waals surface area contributed by atoms with Crippen LogP contribution in [0.1, 0.15) is 61.4 Å². The van der Waals surface area contributed by atoms with Crippen molar-refractivity contribution >= 4 is 58.4 Å². The molecule has 0 radical (unpaired) electrons. The average Bonchev–Trinajstić information content (AvgIpc) is 3.51. The van der Waals surface area contributed by atoms with E-state index in [1.54, 1.807) is 66.9 Å². The SMILES string of the molecule is O=C(COCCOCCNC(=O)c1ccc(Nc2ncc3c(n2)-c2ccc(Cl)cc2C(c2c(F)cccc2F)=NC3)cc1)Cc1cccc2c1CN(C1CCC(=O)NC1=O)C2=O. The third kappa shape index (κ3) is 9.12. The van der Waals surface area contributed by atoms with Crippen molar-refractivity contribution in [3.63, 3.8) is 0 Å². The number of ether oxygens (including phenoxy) is 2. The lowest BCUT2D eigenvalue weighted by Gasteiger charge is -2.29. The van der Waals surface area contributed by atoms with Crippen molar-refractivity contribution in [2.75, 3.05) is 38.3 Å². The number of ketones is 1. The summed E-state index contributed by atoms with van der Waals surface area (Å²) < 4.78 is 40.9. The van der Waals surface area contributed by atoms with E-state index in [0.717, 1.165) is 0 Å². The number of hydrogen-bond acceptors (Lipinski definition) is 11. The summed E-state index contributed by atoms with van der Waals surface area (Å²) in [6.07, 6.45) is 2.07. The Hall–Kier alpha value is -6.75. The Labute approximate surface area is 358 Å². The van der Waals surface area contributed by atoms with Gasteiger partial charge < -0.3 is 25.0 Å². The van der Waals surface area contributed by atoms with Crippen LogP contribution in [0.2, 0.25) is 5.02 Å². The van der Waals surface area contributed by atoms with Crippen LogP contribution in [0.25, 0.3) is 11.3 Å². The maximum absolute atomic E-state index is 14.9. The number of anilines is 2. The number of Topliss-reactive ketones (excluding diaryl/α,β-unsaturated/α-hetero) is 1. The molecular weight excluding hydrogens is 824 g/mol. The molecule has 5 aromatic rings. The first-order chi connectivity index (χ1) is 30.0. The van der Waals surface area contributed by atoms with Gasteiger partial charge in [-0.2, -0.15) is 0 Å². The van der Waals surface area contributed by atoms with Gasteiger partial charge >= 0.3 is 0 Å². The minimum absolute atomic E-state index is 0.0523. The molecule has 4 heterocycles. The molecule has 0 aliphatic carbocycles. The number of carbonyl (C=O) groups excluding carboxylic acids is 5. The topological polar surface area (TPSA) is 181 Å². The monoisotopic (exact) mass is 861 g/mol. The molecule has 4 aromatic carbocycles. The van der Waals surface area contributed by atoms with Crippen LogP contribution in [0, 0.1) is 11.6 Å². The minimum Gasteiger partial charge on any atom is -0.377 e. The third-order valence-corrected chi connectivity index (χ3v) is 10.8. The summed E-state index contributed by atoms with van der Waals surface area (Å²) in [7, 11) is 0. The van der Waals surface area contributed by atoms with E-state index in [9.17, 15) is 32.8 Å². The van der Waals surface area contributed by atoms with Crippen LogP contribution < -0.4 is 16.0 Å². The molecule has 8 rings (SSSR count). The maximum atomic E-state index is 14.9. The van der Waals surface area contributed by atoms with Gasteiger partial charge in [-0.15, -0.1) is 0 Å². The Balaban J connectivity index is 0.768. The van der Waals surface area contributed by atoms with Crippen LogP contribution in [0.15, 0.2) is 90.1 Å². The first-order valence-electron chi connectivity index (χ1n) is 19.8. The van der Waals surface area contributed by atoms with Crippen molar-refractivity contribution < 1.29 is 42.2 Å². The lowest BCUT2D eigenvalue weighted by molar-refractivity contribution is -0.137. The van der Waals surface area contributed by atoms with Crippen molar-refractivity contribution in [2.45, 2.75) is 38.4 Å². The highest BCUT2D eigenvalue weighted by atomic mass is 35.5. The summed E-state index contributed by atoms with van der Waals surface area (Å²) in [4.78, 5) is 77.8. The van der Waals surface area contributed by atoms with E-state index >= 15 is 0 Å². The molecule has 1 atom stereocenters. The second-order valence-corrected chi connectivity index (χ2v) is 15.1. The molecule has 3 aliphatic rings. The highest BCUT2D eigenvalue weighted by Gasteiger charge is 2.40. The first kappa shape index (κ1) is 42.0. The molecule has 316 valence electrons. The minimum atomic E-state index is -0.747. The van der Waals surface area contributed by atoms with Crippen LogP contribution in [-0.2, 0) is 43.4 Å². The van der Waals surface area contributed by atoms with E-state index in [4.69, 9.17) is 26.1 Å². The lowest BCUT2D eigenvalue weighted by Crippen LogP contribution is -2.52. The summed E-state index contributed by atoms with van der Waals surface area (Å²) >= 11 is 6.33. The largest absolute Gasteiger partial charge is 0.377 e. The summed E-state index contributed by atoms with van der Waals surface area (Å²) in [6.45, 7) is 0.898. The zero-order chi connectivity index (χ0) is 43.3. The van der Waals surface area contributed by atoms with Crippen molar-refractivity contribution in [1.29, 1.82) is 0 Å². The fraction of sp³-hybridized carbons (Fsp3) is 0.244. The summed E-state index contributed by atoms with van der Waals surface area (Å²) in [5.41, 5.74) is 4.89. The predicted molar refractivity (Wildman–Crippen MR) is 223 cm³/mol. The molecule has 4 amide bonds. The van der Waals surface area contributed by atoms with Gasteiger partial charge in [0.2, 0.25) is 17.8 Å². The molecule has 1 fully saturated rings. The van der Waals surface area contributed by atoms with E-state index in [-0.39, 0.29) is 106 Å². The fourth-order valence-corrected chi connectivity index (χ4v) is 7.75. The number of amides is 4. The number of aliphatic imine (C=N–C) groups is 1. The molecule has 62 heavy (non-hydrogen) atoms. The summed E-state index contributed by atoms with van der Waals surface area (Å²) in [5, 5.41) is 8.59. The molecule has 1 aromatic heterocycles. The number of rotatable bonds is 15. The third-order valence-electron chi connectivity index (χ3n) is 10.6. The van der Waals surface area contributed by atoms with Crippen LogP contribution >= 0.6 is 11.6 Å².